The molecule has 1 N–H and O–H groups in total. The fourth-order valence-corrected chi connectivity index (χ4v) is 4.29. The Morgan fingerprint density at radius 2 is 1.86 bits per heavy atom. The van der Waals surface area contributed by atoms with Gasteiger partial charge in [0.05, 0.1) is 6.67 Å². The maximum absolute atomic E-state index is 13.4. The van der Waals surface area contributed by atoms with Crippen molar-refractivity contribution < 1.29 is 14.0 Å². The van der Waals surface area contributed by atoms with E-state index < -0.39 is 5.54 Å². The predicted molar refractivity (Wildman–Crippen MR) is 104 cm³/mol. The highest BCUT2D eigenvalue weighted by atomic mass is 19.1. The lowest BCUT2D eigenvalue weighted by molar-refractivity contribution is -0.133. The number of urea groups is 1. The first-order valence-electron chi connectivity index (χ1n) is 9.65. The molecule has 1 spiro atoms. The average molecular weight is 381 g/mol. The molecular weight excluding hydrogens is 357 g/mol. The third-order valence-electron chi connectivity index (χ3n) is 5.65. The molecule has 146 valence electrons. The Balaban J connectivity index is 1.55. The largest absolute Gasteiger partial charge is 0.326 e. The first kappa shape index (κ1) is 18.6. The second-order valence-electron chi connectivity index (χ2n) is 7.71. The summed E-state index contributed by atoms with van der Waals surface area (Å²) < 4.78 is 13.1. The van der Waals surface area contributed by atoms with Gasteiger partial charge in [0, 0.05) is 6.54 Å². The van der Waals surface area contributed by atoms with Crippen LogP contribution in [0.1, 0.15) is 36.0 Å². The summed E-state index contributed by atoms with van der Waals surface area (Å²) in [6, 6.07) is 13.8. The molecule has 2 aromatic carbocycles. The number of halogens is 1. The van der Waals surface area contributed by atoms with Crippen LogP contribution in [0, 0.1) is 5.82 Å². The lowest BCUT2D eigenvalue weighted by Crippen LogP contribution is -2.45. The zero-order valence-corrected chi connectivity index (χ0v) is 16.0. The van der Waals surface area contributed by atoms with Crippen molar-refractivity contribution >= 4 is 11.9 Å². The van der Waals surface area contributed by atoms with E-state index in [0.29, 0.717) is 13.0 Å². The van der Waals surface area contributed by atoms with Crippen LogP contribution in [0.4, 0.5) is 9.18 Å². The van der Waals surface area contributed by atoms with Gasteiger partial charge in [-0.25, -0.2) is 14.1 Å². The smallest absolute Gasteiger partial charge is 0.319 e. The molecule has 1 unspecified atom stereocenters. The van der Waals surface area contributed by atoms with E-state index in [2.05, 4.69) is 5.32 Å². The molecule has 1 heterocycles. The van der Waals surface area contributed by atoms with Crippen molar-refractivity contribution in [2.45, 2.75) is 37.8 Å². The first-order valence-corrected chi connectivity index (χ1v) is 9.65. The Bertz CT molecular complexity index is 899. The number of nitrogens with one attached hydrogen (secondary N) is 1. The molecule has 0 radical (unpaired) electrons. The minimum Gasteiger partial charge on any atom is -0.319 e. The molecule has 0 saturated carbocycles. The minimum atomic E-state index is -0.957. The summed E-state index contributed by atoms with van der Waals surface area (Å²) in [7, 11) is 1.84. The summed E-state index contributed by atoms with van der Waals surface area (Å²) in [5, 5.41) is 3.00. The van der Waals surface area contributed by atoms with Crippen molar-refractivity contribution in [3.05, 3.63) is 71.0 Å². The van der Waals surface area contributed by atoms with E-state index in [1.165, 1.54) is 17.0 Å². The Morgan fingerprint density at radius 3 is 2.64 bits per heavy atom. The molecule has 1 saturated heterocycles. The second-order valence-corrected chi connectivity index (χ2v) is 7.71. The van der Waals surface area contributed by atoms with Crippen LogP contribution >= 0.6 is 0 Å². The molecule has 28 heavy (non-hydrogen) atoms. The third-order valence-corrected chi connectivity index (χ3v) is 5.65. The summed E-state index contributed by atoms with van der Waals surface area (Å²) >= 11 is 0. The molecule has 1 atom stereocenters. The number of hydrogen-bond donors (Lipinski definition) is 1. The van der Waals surface area contributed by atoms with Gasteiger partial charge in [0.15, 0.2) is 0 Å². The summed E-state index contributed by atoms with van der Waals surface area (Å²) in [6.45, 7) is 0.701. The van der Waals surface area contributed by atoms with Gasteiger partial charge in [0.1, 0.15) is 11.4 Å². The fraction of sp³-hybridized carbons (Fsp3) is 0.364. The maximum Gasteiger partial charge on any atom is 0.326 e. The molecule has 0 bridgehead atoms. The summed E-state index contributed by atoms with van der Waals surface area (Å²) in [5.41, 5.74) is 2.02. The number of amides is 3. The monoisotopic (exact) mass is 381 g/mol. The molecule has 5 nitrogen and oxygen atoms in total. The van der Waals surface area contributed by atoms with Crippen LogP contribution < -0.4 is 5.32 Å². The molecule has 1 fully saturated rings. The summed E-state index contributed by atoms with van der Waals surface area (Å²) in [5.74, 6) is -0.465. The summed E-state index contributed by atoms with van der Waals surface area (Å²) in [4.78, 5) is 29.3. The van der Waals surface area contributed by atoms with E-state index in [1.54, 1.807) is 12.1 Å². The molecule has 4 rings (SSSR count). The SMILES string of the molecule is CN(Cc1ccc(F)cc1)CN1C(=O)NC2(CCCCc3ccccc32)C1=O. The maximum atomic E-state index is 13.4. The molecule has 1 aliphatic carbocycles. The van der Waals surface area contributed by atoms with Crippen molar-refractivity contribution in [3.63, 3.8) is 0 Å². The van der Waals surface area contributed by atoms with E-state index >= 15 is 0 Å². The van der Waals surface area contributed by atoms with Gasteiger partial charge < -0.3 is 5.32 Å². The van der Waals surface area contributed by atoms with Crippen LogP contribution in [0.3, 0.4) is 0 Å². The number of hydrogen-bond acceptors (Lipinski definition) is 3. The highest BCUT2D eigenvalue weighted by Crippen LogP contribution is 2.39. The van der Waals surface area contributed by atoms with E-state index in [-0.39, 0.29) is 24.4 Å². The Hall–Kier alpha value is -2.73. The van der Waals surface area contributed by atoms with Gasteiger partial charge in [0.25, 0.3) is 5.91 Å². The second kappa shape index (κ2) is 7.36. The zero-order chi connectivity index (χ0) is 19.7. The van der Waals surface area contributed by atoms with Gasteiger partial charge in [-0.15, -0.1) is 0 Å². The topological polar surface area (TPSA) is 52.6 Å². The van der Waals surface area contributed by atoms with Gasteiger partial charge >= 0.3 is 6.03 Å². The van der Waals surface area contributed by atoms with E-state index in [4.69, 9.17) is 0 Å². The number of rotatable bonds is 4. The number of fused-ring (bicyclic) bond motifs is 2. The van der Waals surface area contributed by atoms with E-state index in [1.807, 2.05) is 36.2 Å². The molecule has 2 aliphatic rings. The quantitative estimate of drug-likeness (QED) is 0.826. The van der Waals surface area contributed by atoms with E-state index in [9.17, 15) is 14.0 Å². The lowest BCUT2D eigenvalue weighted by atomic mass is 9.84. The summed E-state index contributed by atoms with van der Waals surface area (Å²) in [6.07, 6.45) is 3.44. The minimum absolute atomic E-state index is 0.183. The van der Waals surface area contributed by atoms with E-state index in [0.717, 1.165) is 36.0 Å². The Morgan fingerprint density at radius 1 is 1.11 bits per heavy atom. The van der Waals surface area contributed by atoms with Gasteiger partial charge in [-0.2, -0.15) is 0 Å². The molecule has 0 aromatic heterocycles. The molecular formula is C22H24FN3O2. The van der Waals surface area contributed by atoms with Crippen molar-refractivity contribution in [1.82, 2.24) is 15.1 Å². The number of benzene rings is 2. The lowest BCUT2D eigenvalue weighted by Gasteiger charge is -2.28. The fourth-order valence-electron chi connectivity index (χ4n) is 4.29. The number of carbonyl (C=O) groups is 2. The highest BCUT2D eigenvalue weighted by molar-refractivity contribution is 6.07. The van der Waals surface area contributed by atoms with Gasteiger partial charge in [-0.1, -0.05) is 36.4 Å². The first-order chi connectivity index (χ1) is 13.5. The normalized spacial score (nSPS) is 21.8. The van der Waals surface area contributed by atoms with Gasteiger partial charge in [0.2, 0.25) is 0 Å². The van der Waals surface area contributed by atoms with Crippen LogP contribution in [0.25, 0.3) is 0 Å². The Labute approximate surface area is 164 Å². The van der Waals surface area contributed by atoms with Crippen LogP contribution in [-0.4, -0.2) is 35.5 Å². The average Bonchev–Trinajstić information content (AvgIpc) is 2.83. The molecule has 1 aliphatic heterocycles. The van der Waals surface area contributed by atoms with Crippen molar-refractivity contribution in [2.75, 3.05) is 13.7 Å². The predicted octanol–water partition coefficient (Wildman–Crippen LogP) is 3.39. The van der Waals surface area contributed by atoms with Crippen molar-refractivity contribution in [1.29, 1.82) is 0 Å². The number of aryl methyl sites for hydroxylation is 1. The zero-order valence-electron chi connectivity index (χ0n) is 16.0. The number of nitrogens with zero attached hydrogens (tertiary/aromatic N) is 2. The van der Waals surface area contributed by atoms with Gasteiger partial charge in [-0.3, -0.25) is 9.69 Å². The third kappa shape index (κ3) is 3.29. The molecule has 6 heteroatoms. The van der Waals surface area contributed by atoms with Crippen molar-refractivity contribution in [2.24, 2.45) is 0 Å². The molecule has 3 amide bonds. The van der Waals surface area contributed by atoms with Crippen LogP contribution in [0.15, 0.2) is 48.5 Å². The standard InChI is InChI=1S/C22H24FN3O2/c1-25(14-16-9-11-18(23)12-10-16)15-26-20(27)22(24-21(26)28)13-5-4-7-17-6-2-3-8-19(17)22/h2-3,6,8-12H,4-5,7,13-15H2,1H3,(H,24,28). The van der Waals surface area contributed by atoms with Crippen molar-refractivity contribution in [3.8, 4) is 0 Å². The van der Waals surface area contributed by atoms with Crippen LogP contribution in [-0.2, 0) is 23.3 Å². The number of carbonyl (C=O) groups excluding carboxylic acids is 2. The van der Waals surface area contributed by atoms with Crippen LogP contribution in [0.2, 0.25) is 0 Å². The molecule has 2 aromatic rings. The number of imide groups is 1. The van der Waals surface area contributed by atoms with Crippen LogP contribution in [0.5, 0.6) is 0 Å². The Kier molecular flexibility index (Phi) is 4.89. The highest BCUT2D eigenvalue weighted by Gasteiger charge is 2.53. The van der Waals surface area contributed by atoms with Gasteiger partial charge in [-0.05, 0) is 61.6 Å².